The molecule has 0 N–H and O–H groups in total. The van der Waals surface area contributed by atoms with E-state index in [4.69, 9.17) is 9.97 Å². The van der Waals surface area contributed by atoms with Gasteiger partial charge in [0.15, 0.2) is 0 Å². The highest BCUT2D eigenvalue weighted by Crippen LogP contribution is 2.42. The Kier molecular flexibility index (Phi) is 5.32. The summed E-state index contributed by atoms with van der Waals surface area (Å²) < 4.78 is 6.09. The summed E-state index contributed by atoms with van der Waals surface area (Å²) >= 11 is 3.59. The van der Waals surface area contributed by atoms with Crippen molar-refractivity contribution in [3.8, 4) is 28.3 Å². The Morgan fingerprint density at radius 1 is 0.422 bits per heavy atom. The third kappa shape index (κ3) is 3.75. The summed E-state index contributed by atoms with van der Waals surface area (Å²) in [7, 11) is 0. The molecule has 4 aromatic heterocycles. The highest BCUT2D eigenvalue weighted by atomic mass is 32.1. The van der Waals surface area contributed by atoms with Gasteiger partial charge in [0.05, 0.1) is 16.7 Å². The van der Waals surface area contributed by atoms with Crippen LogP contribution in [0.3, 0.4) is 0 Å². The first-order chi connectivity index (χ1) is 22.3. The van der Waals surface area contributed by atoms with Crippen molar-refractivity contribution < 1.29 is 0 Å². The average Bonchev–Trinajstić information content (AvgIpc) is 3.76. The fourth-order valence-electron chi connectivity index (χ4n) is 6.77. The molecule has 10 aromatic rings. The predicted octanol–water partition coefficient (Wildman–Crippen LogP) is 11.6. The summed E-state index contributed by atoms with van der Waals surface area (Å²) in [6, 6.07) is 49.9. The van der Waals surface area contributed by atoms with E-state index in [2.05, 4.69) is 144 Å². The van der Waals surface area contributed by atoms with Crippen LogP contribution in [0.5, 0.6) is 0 Å². The maximum Gasteiger partial charge on any atom is 0.236 e. The van der Waals surface area contributed by atoms with Gasteiger partial charge in [-0.15, -0.1) is 22.7 Å². The molecule has 6 aromatic carbocycles. The lowest BCUT2D eigenvalue weighted by molar-refractivity contribution is 1.02. The zero-order chi connectivity index (χ0) is 29.5. The molecule has 0 aliphatic carbocycles. The first kappa shape index (κ1) is 25.0. The van der Waals surface area contributed by atoms with Gasteiger partial charge in [-0.3, -0.25) is 4.57 Å². The standard InChI is InChI=1S/C40H23N3S2/c1-2-10-24(11-3-1)25-18-20-26(21-19-25)38-37-29-14-6-9-17-35(29)45-39(37)42-40(41-38)43-32-15-7-4-12-27(32)30-23-36-31(22-33(30)43)28-13-5-8-16-34(28)44-36/h1-23H. The van der Waals surface area contributed by atoms with Crippen molar-refractivity contribution in [2.45, 2.75) is 0 Å². The van der Waals surface area contributed by atoms with Crippen LogP contribution < -0.4 is 0 Å². The van der Waals surface area contributed by atoms with Crippen LogP contribution in [-0.2, 0) is 0 Å². The molecule has 5 heteroatoms. The monoisotopic (exact) mass is 609 g/mol. The maximum absolute atomic E-state index is 5.43. The fourth-order valence-corrected chi connectivity index (χ4v) is 8.97. The molecule has 0 aliphatic heterocycles. The number of para-hydroxylation sites is 1. The maximum atomic E-state index is 5.43. The molecule has 0 spiro atoms. The second-order valence-corrected chi connectivity index (χ2v) is 13.5. The zero-order valence-electron chi connectivity index (χ0n) is 23.9. The van der Waals surface area contributed by atoms with Gasteiger partial charge in [0.2, 0.25) is 5.95 Å². The van der Waals surface area contributed by atoms with Gasteiger partial charge in [-0.05, 0) is 41.5 Å². The molecular formula is C40H23N3S2. The van der Waals surface area contributed by atoms with E-state index >= 15 is 0 Å². The molecule has 0 fully saturated rings. The minimum atomic E-state index is 0.696. The lowest BCUT2D eigenvalue weighted by atomic mass is 10.0. The number of nitrogens with zero attached hydrogens (tertiary/aromatic N) is 3. The summed E-state index contributed by atoms with van der Waals surface area (Å²) in [6.45, 7) is 0. The van der Waals surface area contributed by atoms with Crippen LogP contribution in [0.4, 0.5) is 0 Å². The molecule has 45 heavy (non-hydrogen) atoms. The largest absolute Gasteiger partial charge is 0.278 e. The van der Waals surface area contributed by atoms with Crippen LogP contribution in [0.15, 0.2) is 140 Å². The lowest BCUT2D eigenvalue weighted by Crippen LogP contribution is -2.02. The summed E-state index contributed by atoms with van der Waals surface area (Å²) in [5, 5.41) is 7.29. The molecule has 10 rings (SSSR count). The Morgan fingerprint density at radius 2 is 1.07 bits per heavy atom. The molecule has 3 nitrogen and oxygen atoms in total. The molecule has 4 heterocycles. The van der Waals surface area contributed by atoms with Crippen LogP contribution >= 0.6 is 22.7 Å². The molecule has 210 valence electrons. The summed E-state index contributed by atoms with van der Waals surface area (Å²) in [5.41, 5.74) is 6.67. The van der Waals surface area contributed by atoms with E-state index in [0.717, 1.165) is 32.5 Å². The smallest absolute Gasteiger partial charge is 0.236 e. The van der Waals surface area contributed by atoms with Crippen molar-refractivity contribution >= 4 is 85.0 Å². The topological polar surface area (TPSA) is 30.7 Å². The second kappa shape index (κ2) is 9.57. The fraction of sp³-hybridized carbons (Fsp3) is 0. The van der Waals surface area contributed by atoms with Crippen molar-refractivity contribution in [2.75, 3.05) is 0 Å². The second-order valence-electron chi connectivity index (χ2n) is 11.4. The normalized spacial score (nSPS) is 12.0. The van der Waals surface area contributed by atoms with Crippen molar-refractivity contribution in [2.24, 2.45) is 0 Å². The average molecular weight is 610 g/mol. The van der Waals surface area contributed by atoms with E-state index in [-0.39, 0.29) is 0 Å². The Morgan fingerprint density at radius 3 is 1.89 bits per heavy atom. The lowest BCUT2D eigenvalue weighted by Gasteiger charge is -2.11. The Balaban J connectivity index is 1.28. The van der Waals surface area contributed by atoms with Gasteiger partial charge in [0.25, 0.3) is 0 Å². The van der Waals surface area contributed by atoms with Crippen LogP contribution in [0, 0.1) is 0 Å². The van der Waals surface area contributed by atoms with Crippen molar-refractivity contribution in [1.82, 2.24) is 14.5 Å². The molecule has 0 atom stereocenters. The molecule has 0 bridgehead atoms. The molecule has 0 saturated carbocycles. The van der Waals surface area contributed by atoms with E-state index in [0.29, 0.717) is 5.95 Å². The first-order valence-electron chi connectivity index (χ1n) is 15.0. The number of hydrogen-bond acceptors (Lipinski definition) is 4. The van der Waals surface area contributed by atoms with E-state index < -0.39 is 0 Å². The summed E-state index contributed by atoms with van der Waals surface area (Å²) in [5.74, 6) is 0.696. The minimum absolute atomic E-state index is 0.696. The zero-order valence-corrected chi connectivity index (χ0v) is 25.6. The highest BCUT2D eigenvalue weighted by Gasteiger charge is 2.21. The van der Waals surface area contributed by atoms with Crippen molar-refractivity contribution in [3.05, 3.63) is 140 Å². The van der Waals surface area contributed by atoms with Gasteiger partial charge in [0, 0.05) is 52.0 Å². The Bertz CT molecular complexity index is 2750. The van der Waals surface area contributed by atoms with Gasteiger partial charge >= 0.3 is 0 Å². The van der Waals surface area contributed by atoms with Gasteiger partial charge < -0.3 is 0 Å². The van der Waals surface area contributed by atoms with E-state index in [9.17, 15) is 0 Å². The molecule has 0 amide bonds. The van der Waals surface area contributed by atoms with Crippen molar-refractivity contribution in [3.63, 3.8) is 0 Å². The quantitative estimate of drug-likeness (QED) is 0.199. The van der Waals surface area contributed by atoms with Crippen LogP contribution in [0.25, 0.3) is 90.6 Å². The highest BCUT2D eigenvalue weighted by molar-refractivity contribution is 7.26. The molecule has 0 radical (unpaired) electrons. The molecule has 0 aliphatic rings. The Hall–Kier alpha value is -5.36. The molecular weight excluding hydrogens is 587 g/mol. The van der Waals surface area contributed by atoms with E-state index in [1.165, 1.54) is 52.2 Å². The molecule has 0 unspecified atom stereocenters. The third-order valence-corrected chi connectivity index (χ3v) is 11.1. The van der Waals surface area contributed by atoms with E-state index in [1.54, 1.807) is 11.3 Å². The number of fused-ring (bicyclic) bond motifs is 9. The van der Waals surface area contributed by atoms with Crippen LogP contribution in [0.1, 0.15) is 0 Å². The summed E-state index contributed by atoms with van der Waals surface area (Å²) in [4.78, 5) is 11.7. The summed E-state index contributed by atoms with van der Waals surface area (Å²) in [6.07, 6.45) is 0. The SMILES string of the molecule is c1ccc(-c2ccc(-c3nc(-n4c5ccccc5c5cc6sc7ccccc7c6cc54)nc4sc5ccccc5c34)cc2)cc1. The number of rotatable bonds is 3. The van der Waals surface area contributed by atoms with E-state index in [1.807, 2.05) is 11.3 Å². The predicted molar refractivity (Wildman–Crippen MR) is 193 cm³/mol. The Labute approximate surface area is 266 Å². The molecule has 0 saturated heterocycles. The third-order valence-electron chi connectivity index (χ3n) is 8.86. The number of benzene rings is 6. The first-order valence-corrected chi connectivity index (χ1v) is 16.6. The van der Waals surface area contributed by atoms with Gasteiger partial charge in [0.1, 0.15) is 4.83 Å². The number of aromatic nitrogens is 3. The van der Waals surface area contributed by atoms with Gasteiger partial charge in [-0.2, -0.15) is 0 Å². The minimum Gasteiger partial charge on any atom is -0.278 e. The van der Waals surface area contributed by atoms with Gasteiger partial charge in [-0.1, -0.05) is 109 Å². The van der Waals surface area contributed by atoms with Crippen molar-refractivity contribution in [1.29, 1.82) is 0 Å². The number of hydrogen-bond donors (Lipinski definition) is 0. The number of thiophene rings is 2. The van der Waals surface area contributed by atoms with Crippen LogP contribution in [0.2, 0.25) is 0 Å². The van der Waals surface area contributed by atoms with Crippen LogP contribution in [-0.4, -0.2) is 14.5 Å². The van der Waals surface area contributed by atoms with Gasteiger partial charge in [-0.25, -0.2) is 9.97 Å².